The molecule has 2 amide bonds. The SMILES string of the molecule is CCSc1ccc(CC(=O)Nc2sc3c(c2C(=O)OC)CCN(C(C)=O)C3)cc1. The van der Waals surface area contributed by atoms with E-state index in [2.05, 4.69) is 12.2 Å². The lowest BCUT2D eigenvalue weighted by atomic mass is 10.0. The maximum Gasteiger partial charge on any atom is 0.341 e. The number of rotatable bonds is 6. The lowest BCUT2D eigenvalue weighted by Crippen LogP contribution is -2.33. The van der Waals surface area contributed by atoms with Crippen LogP contribution >= 0.6 is 23.1 Å². The molecular weight excluding hydrogens is 408 g/mol. The summed E-state index contributed by atoms with van der Waals surface area (Å²) in [4.78, 5) is 40.5. The van der Waals surface area contributed by atoms with E-state index in [1.165, 1.54) is 30.3 Å². The van der Waals surface area contributed by atoms with Crippen molar-refractivity contribution in [2.75, 3.05) is 24.7 Å². The summed E-state index contributed by atoms with van der Waals surface area (Å²) in [6.45, 7) is 4.64. The smallest absolute Gasteiger partial charge is 0.341 e. The molecule has 0 radical (unpaired) electrons. The average Bonchev–Trinajstić information content (AvgIpc) is 3.05. The molecule has 6 nitrogen and oxygen atoms in total. The van der Waals surface area contributed by atoms with E-state index in [1.54, 1.807) is 16.7 Å². The number of ether oxygens (including phenoxy) is 1. The highest BCUT2D eigenvalue weighted by Gasteiger charge is 2.30. The number of thiophene rings is 1. The summed E-state index contributed by atoms with van der Waals surface area (Å²) in [5, 5.41) is 3.38. The van der Waals surface area contributed by atoms with Crippen LogP contribution in [0.5, 0.6) is 0 Å². The zero-order valence-electron chi connectivity index (χ0n) is 16.7. The molecule has 1 aromatic heterocycles. The fourth-order valence-electron chi connectivity index (χ4n) is 3.30. The fourth-order valence-corrected chi connectivity index (χ4v) is 5.23. The number of nitrogens with one attached hydrogen (secondary N) is 1. The number of hydrogen-bond acceptors (Lipinski definition) is 6. The van der Waals surface area contributed by atoms with Crippen molar-refractivity contribution in [2.24, 2.45) is 0 Å². The number of benzene rings is 1. The van der Waals surface area contributed by atoms with Crippen molar-refractivity contribution >= 4 is 45.9 Å². The number of thioether (sulfide) groups is 1. The second-order valence-corrected chi connectivity index (χ2v) is 9.13. The predicted molar refractivity (Wildman–Crippen MR) is 116 cm³/mol. The summed E-state index contributed by atoms with van der Waals surface area (Å²) < 4.78 is 4.95. The molecule has 2 aromatic rings. The normalized spacial score (nSPS) is 13.0. The summed E-state index contributed by atoms with van der Waals surface area (Å²) in [5.74, 6) is 0.349. The van der Waals surface area contributed by atoms with E-state index in [1.807, 2.05) is 24.3 Å². The number of carbonyl (C=O) groups is 3. The van der Waals surface area contributed by atoms with Gasteiger partial charge in [0.05, 0.1) is 25.6 Å². The Morgan fingerprint density at radius 2 is 1.97 bits per heavy atom. The lowest BCUT2D eigenvalue weighted by molar-refractivity contribution is -0.129. The van der Waals surface area contributed by atoms with Crippen molar-refractivity contribution in [3.8, 4) is 0 Å². The highest BCUT2D eigenvalue weighted by molar-refractivity contribution is 7.99. The molecule has 1 aliphatic heterocycles. The van der Waals surface area contributed by atoms with Gasteiger partial charge in [0.1, 0.15) is 5.00 Å². The summed E-state index contributed by atoms with van der Waals surface area (Å²) in [5.41, 5.74) is 2.20. The monoisotopic (exact) mass is 432 g/mol. The Balaban J connectivity index is 1.78. The number of fused-ring (bicyclic) bond motifs is 1. The van der Waals surface area contributed by atoms with Gasteiger partial charge in [-0.1, -0.05) is 19.1 Å². The zero-order valence-corrected chi connectivity index (χ0v) is 18.4. The number of carbonyl (C=O) groups excluding carboxylic acids is 3. The molecule has 0 bridgehead atoms. The zero-order chi connectivity index (χ0) is 21.0. The molecule has 8 heteroatoms. The third-order valence-electron chi connectivity index (χ3n) is 4.74. The van der Waals surface area contributed by atoms with Gasteiger partial charge in [0.15, 0.2) is 0 Å². The second-order valence-electron chi connectivity index (χ2n) is 6.69. The first kappa shape index (κ1) is 21.4. The molecule has 2 heterocycles. The minimum absolute atomic E-state index is 0.000984. The number of esters is 1. The third kappa shape index (κ3) is 5.00. The molecule has 0 saturated carbocycles. The quantitative estimate of drug-likeness (QED) is 0.556. The molecule has 1 aliphatic rings. The highest BCUT2D eigenvalue weighted by atomic mass is 32.2. The van der Waals surface area contributed by atoms with Gasteiger partial charge >= 0.3 is 5.97 Å². The van der Waals surface area contributed by atoms with Gasteiger partial charge in [-0.15, -0.1) is 23.1 Å². The van der Waals surface area contributed by atoms with Crippen molar-refractivity contribution < 1.29 is 19.1 Å². The maximum absolute atomic E-state index is 12.6. The molecule has 0 saturated heterocycles. The van der Waals surface area contributed by atoms with Gasteiger partial charge in [0.25, 0.3) is 0 Å². The Labute approximate surface area is 178 Å². The molecule has 0 spiro atoms. The lowest BCUT2D eigenvalue weighted by Gasteiger charge is -2.25. The minimum Gasteiger partial charge on any atom is -0.465 e. The molecule has 0 unspecified atom stereocenters. The van der Waals surface area contributed by atoms with Crippen molar-refractivity contribution in [2.45, 2.75) is 38.1 Å². The van der Waals surface area contributed by atoms with E-state index in [9.17, 15) is 14.4 Å². The van der Waals surface area contributed by atoms with E-state index in [-0.39, 0.29) is 18.2 Å². The van der Waals surface area contributed by atoms with Gasteiger partial charge in [-0.3, -0.25) is 9.59 Å². The van der Waals surface area contributed by atoms with Crippen LogP contribution in [-0.4, -0.2) is 42.1 Å². The van der Waals surface area contributed by atoms with Gasteiger partial charge in [0, 0.05) is 23.2 Å². The molecule has 0 aliphatic carbocycles. The summed E-state index contributed by atoms with van der Waals surface area (Å²) in [6, 6.07) is 7.92. The van der Waals surface area contributed by atoms with Gasteiger partial charge < -0.3 is 15.0 Å². The standard InChI is InChI=1S/C21H24N2O4S2/c1-4-28-15-7-5-14(6-8-15)11-18(25)22-20-19(21(26)27-3)16-9-10-23(13(2)24)12-17(16)29-20/h5-8H,4,9-12H2,1-3H3,(H,22,25). The molecule has 3 rings (SSSR count). The Morgan fingerprint density at radius 3 is 2.59 bits per heavy atom. The predicted octanol–water partition coefficient (Wildman–Crippen LogP) is 3.73. The topological polar surface area (TPSA) is 75.7 Å². The molecule has 0 atom stereocenters. The van der Waals surface area contributed by atoms with E-state index in [0.29, 0.717) is 30.1 Å². The highest BCUT2D eigenvalue weighted by Crippen LogP contribution is 2.37. The minimum atomic E-state index is -0.463. The number of methoxy groups -OCH3 is 1. The number of nitrogens with zero attached hydrogens (tertiary/aromatic N) is 1. The largest absolute Gasteiger partial charge is 0.465 e. The summed E-state index contributed by atoms with van der Waals surface area (Å²) in [7, 11) is 1.33. The van der Waals surface area contributed by atoms with Crippen LogP contribution in [0.3, 0.4) is 0 Å². The average molecular weight is 433 g/mol. The Hall–Kier alpha value is -2.32. The van der Waals surface area contributed by atoms with Crippen LogP contribution < -0.4 is 5.32 Å². The number of hydrogen-bond donors (Lipinski definition) is 1. The van der Waals surface area contributed by atoms with Crippen molar-refractivity contribution in [3.63, 3.8) is 0 Å². The van der Waals surface area contributed by atoms with E-state index in [4.69, 9.17) is 4.74 Å². The van der Waals surface area contributed by atoms with Crippen molar-refractivity contribution in [1.29, 1.82) is 0 Å². The van der Waals surface area contributed by atoms with Crippen LogP contribution in [0, 0.1) is 0 Å². The third-order valence-corrected chi connectivity index (χ3v) is 6.77. The first-order chi connectivity index (χ1) is 13.9. The van der Waals surface area contributed by atoms with Crippen molar-refractivity contribution in [3.05, 3.63) is 45.8 Å². The maximum atomic E-state index is 12.6. The van der Waals surface area contributed by atoms with Crippen LogP contribution in [0.2, 0.25) is 0 Å². The molecular formula is C21H24N2O4S2. The van der Waals surface area contributed by atoms with Crippen LogP contribution in [0.25, 0.3) is 0 Å². The number of anilines is 1. The van der Waals surface area contributed by atoms with E-state index in [0.717, 1.165) is 21.8 Å². The van der Waals surface area contributed by atoms with Crippen LogP contribution in [-0.2, 0) is 33.7 Å². The fraction of sp³-hybridized carbons (Fsp3) is 0.381. The van der Waals surface area contributed by atoms with E-state index < -0.39 is 5.97 Å². The van der Waals surface area contributed by atoms with Crippen LogP contribution in [0.15, 0.2) is 29.2 Å². The molecule has 154 valence electrons. The second kappa shape index (κ2) is 9.45. The molecule has 29 heavy (non-hydrogen) atoms. The molecule has 1 N–H and O–H groups in total. The molecule has 0 fully saturated rings. The first-order valence-corrected chi connectivity index (χ1v) is 11.2. The molecule has 1 aromatic carbocycles. The van der Waals surface area contributed by atoms with Gasteiger partial charge in [-0.25, -0.2) is 4.79 Å². The summed E-state index contributed by atoms with van der Waals surface area (Å²) >= 11 is 3.10. The van der Waals surface area contributed by atoms with Gasteiger partial charge in [-0.05, 0) is 35.4 Å². The Morgan fingerprint density at radius 1 is 1.24 bits per heavy atom. The Kier molecular flexibility index (Phi) is 6.97. The van der Waals surface area contributed by atoms with Crippen molar-refractivity contribution in [1.82, 2.24) is 4.90 Å². The van der Waals surface area contributed by atoms with Gasteiger partial charge in [0.2, 0.25) is 11.8 Å². The van der Waals surface area contributed by atoms with Crippen LogP contribution in [0.1, 0.15) is 40.2 Å². The first-order valence-electron chi connectivity index (χ1n) is 9.42. The Bertz CT molecular complexity index is 922. The number of amides is 2. The summed E-state index contributed by atoms with van der Waals surface area (Å²) in [6.07, 6.45) is 0.794. The van der Waals surface area contributed by atoms with E-state index >= 15 is 0 Å². The van der Waals surface area contributed by atoms with Crippen LogP contribution in [0.4, 0.5) is 5.00 Å². The van der Waals surface area contributed by atoms with Gasteiger partial charge in [-0.2, -0.15) is 0 Å².